The predicted molar refractivity (Wildman–Crippen MR) is 110 cm³/mol. The van der Waals surface area contributed by atoms with E-state index in [1.165, 1.54) is 0 Å². The van der Waals surface area contributed by atoms with E-state index < -0.39 is 0 Å². The predicted octanol–water partition coefficient (Wildman–Crippen LogP) is 3.91. The molecule has 1 aliphatic heterocycles. The van der Waals surface area contributed by atoms with Crippen LogP contribution < -0.4 is 5.32 Å². The van der Waals surface area contributed by atoms with E-state index >= 15 is 0 Å². The van der Waals surface area contributed by atoms with E-state index in [9.17, 15) is 9.59 Å². The Labute approximate surface area is 162 Å². The zero-order valence-electron chi connectivity index (χ0n) is 16.9. The van der Waals surface area contributed by atoms with Gasteiger partial charge in [-0.25, -0.2) is 0 Å². The monoisotopic (exact) mass is 369 g/mol. The molecule has 1 N–H and O–H groups in total. The van der Waals surface area contributed by atoms with E-state index in [2.05, 4.69) is 29.1 Å². The standard InChI is InChI=1S/C22H31N3O2/c1-5-14-25(15-6-2)21-13-9-17(16(4)26)8-11-19(21)24-22(27)20-12-10-18(7-3)23-20/h8-9,11-13,17H,5-7,10,14-15H2,1-4H3,(H,24,27). The smallest absolute Gasteiger partial charge is 0.273 e. The van der Waals surface area contributed by atoms with Crippen LogP contribution in [0.5, 0.6) is 0 Å². The number of carbonyl (C=O) groups excluding carboxylic acids is 2. The van der Waals surface area contributed by atoms with Gasteiger partial charge in [-0.3, -0.25) is 14.6 Å². The summed E-state index contributed by atoms with van der Waals surface area (Å²) < 4.78 is 0. The second kappa shape index (κ2) is 10.0. The van der Waals surface area contributed by atoms with Crippen LogP contribution in [0.2, 0.25) is 0 Å². The lowest BCUT2D eigenvalue weighted by molar-refractivity contribution is -0.118. The third-order valence-corrected chi connectivity index (χ3v) is 4.70. The van der Waals surface area contributed by atoms with Gasteiger partial charge in [-0.2, -0.15) is 0 Å². The summed E-state index contributed by atoms with van der Waals surface area (Å²) in [5.41, 5.74) is 3.18. The third kappa shape index (κ3) is 5.52. The van der Waals surface area contributed by atoms with Gasteiger partial charge in [0.2, 0.25) is 0 Å². The molecule has 1 unspecified atom stereocenters. The van der Waals surface area contributed by atoms with Crippen LogP contribution in [0, 0.1) is 5.92 Å². The molecule has 0 spiro atoms. The summed E-state index contributed by atoms with van der Waals surface area (Å²) in [4.78, 5) is 31.2. The van der Waals surface area contributed by atoms with Gasteiger partial charge in [-0.15, -0.1) is 0 Å². The van der Waals surface area contributed by atoms with Crippen molar-refractivity contribution in [2.45, 2.75) is 53.4 Å². The average Bonchev–Trinajstić information content (AvgIpc) is 3.03. The molecule has 0 aromatic heterocycles. The van der Waals surface area contributed by atoms with E-state index in [4.69, 9.17) is 0 Å². The summed E-state index contributed by atoms with van der Waals surface area (Å²) in [6.45, 7) is 9.70. The maximum atomic E-state index is 12.7. The molecule has 1 atom stereocenters. The molecule has 0 saturated heterocycles. The minimum Gasteiger partial charge on any atom is -0.370 e. The Morgan fingerprint density at radius 1 is 1.15 bits per heavy atom. The molecule has 5 nitrogen and oxygen atoms in total. The number of aliphatic imine (C=N–C) groups is 1. The van der Waals surface area contributed by atoms with Crippen molar-refractivity contribution in [3.63, 3.8) is 0 Å². The second-order valence-corrected chi connectivity index (χ2v) is 6.92. The zero-order valence-corrected chi connectivity index (χ0v) is 16.9. The molecule has 2 aliphatic rings. The normalized spacial score (nSPS) is 18.9. The van der Waals surface area contributed by atoms with Gasteiger partial charge in [0.1, 0.15) is 11.5 Å². The number of carbonyl (C=O) groups is 2. The Balaban J connectivity index is 2.33. The summed E-state index contributed by atoms with van der Waals surface area (Å²) in [6.07, 6.45) is 13.1. The highest BCUT2D eigenvalue weighted by molar-refractivity contribution is 6.02. The summed E-state index contributed by atoms with van der Waals surface area (Å²) >= 11 is 0. The molecule has 0 fully saturated rings. The van der Waals surface area contributed by atoms with Crippen LogP contribution in [0.3, 0.4) is 0 Å². The minimum atomic E-state index is -0.269. The van der Waals surface area contributed by atoms with Gasteiger partial charge in [0, 0.05) is 25.2 Å². The van der Waals surface area contributed by atoms with Crippen molar-refractivity contribution < 1.29 is 9.59 Å². The quantitative estimate of drug-likeness (QED) is 0.670. The molecule has 1 heterocycles. The number of ketones is 1. The molecule has 1 aliphatic carbocycles. The lowest BCUT2D eigenvalue weighted by atomic mass is 10.1. The number of hydrogen-bond donors (Lipinski definition) is 1. The van der Waals surface area contributed by atoms with Crippen LogP contribution in [-0.2, 0) is 9.59 Å². The fourth-order valence-electron chi connectivity index (χ4n) is 3.21. The molecule has 0 radical (unpaired) electrons. The number of hydrogen-bond acceptors (Lipinski definition) is 4. The van der Waals surface area contributed by atoms with E-state index in [1.54, 1.807) is 6.92 Å². The van der Waals surface area contributed by atoms with E-state index in [1.807, 2.05) is 37.3 Å². The molecule has 5 heteroatoms. The van der Waals surface area contributed by atoms with Crippen molar-refractivity contribution in [2.75, 3.05) is 13.1 Å². The Morgan fingerprint density at radius 3 is 2.37 bits per heavy atom. The number of rotatable bonds is 9. The zero-order chi connectivity index (χ0) is 19.8. The van der Waals surface area contributed by atoms with Crippen LogP contribution in [0.4, 0.5) is 0 Å². The number of nitrogens with zero attached hydrogens (tertiary/aromatic N) is 2. The third-order valence-electron chi connectivity index (χ3n) is 4.70. The number of amides is 1. The fraction of sp³-hybridized carbons (Fsp3) is 0.500. The summed E-state index contributed by atoms with van der Waals surface area (Å²) in [5.74, 6) is -0.379. The molecular weight excluding hydrogens is 338 g/mol. The number of Topliss-reactive ketones (excluding diaryl/α,β-unsaturated/α-hetero) is 1. The first kappa shape index (κ1) is 20.9. The largest absolute Gasteiger partial charge is 0.370 e. The van der Waals surface area contributed by atoms with E-state index in [0.29, 0.717) is 5.70 Å². The maximum absolute atomic E-state index is 12.7. The summed E-state index contributed by atoms with van der Waals surface area (Å²) in [7, 11) is 0. The van der Waals surface area contributed by atoms with Crippen molar-refractivity contribution in [1.82, 2.24) is 10.2 Å². The highest BCUT2D eigenvalue weighted by Crippen LogP contribution is 2.21. The summed E-state index contributed by atoms with van der Waals surface area (Å²) in [6, 6.07) is 0. The van der Waals surface area contributed by atoms with Gasteiger partial charge in [-0.05, 0) is 44.4 Å². The molecular formula is C22H31N3O2. The molecule has 146 valence electrons. The highest BCUT2D eigenvalue weighted by atomic mass is 16.2. The van der Waals surface area contributed by atoms with Crippen LogP contribution in [0.1, 0.15) is 53.4 Å². The minimum absolute atomic E-state index is 0.0858. The van der Waals surface area contributed by atoms with Gasteiger partial charge >= 0.3 is 0 Å². The average molecular weight is 370 g/mol. The molecule has 2 rings (SSSR count). The number of allylic oxidation sites excluding steroid dienone is 5. The first-order valence-electron chi connectivity index (χ1n) is 9.94. The maximum Gasteiger partial charge on any atom is 0.273 e. The van der Waals surface area contributed by atoms with Crippen molar-refractivity contribution in [1.29, 1.82) is 0 Å². The van der Waals surface area contributed by atoms with Crippen molar-refractivity contribution in [3.05, 3.63) is 47.5 Å². The van der Waals surface area contributed by atoms with Gasteiger partial charge in [0.15, 0.2) is 0 Å². The number of nitrogens with one attached hydrogen (secondary N) is 1. The van der Waals surface area contributed by atoms with Crippen LogP contribution in [-0.4, -0.2) is 35.4 Å². The molecule has 0 aromatic rings. The van der Waals surface area contributed by atoms with Crippen LogP contribution >= 0.6 is 0 Å². The van der Waals surface area contributed by atoms with Crippen molar-refractivity contribution in [3.8, 4) is 0 Å². The highest BCUT2D eigenvalue weighted by Gasteiger charge is 2.20. The van der Waals surface area contributed by atoms with Crippen molar-refractivity contribution in [2.24, 2.45) is 10.9 Å². The SMILES string of the molecule is CCCN(CCC)C1=C(NC(=O)C2=CCC(CC)=N2)C=CC(C(C)=O)C=C1. The topological polar surface area (TPSA) is 61.8 Å². The van der Waals surface area contributed by atoms with E-state index in [0.717, 1.165) is 55.9 Å². The first-order chi connectivity index (χ1) is 13.0. The van der Waals surface area contributed by atoms with Gasteiger partial charge in [0.05, 0.1) is 17.3 Å². The molecule has 0 saturated carbocycles. The second-order valence-electron chi connectivity index (χ2n) is 6.92. The van der Waals surface area contributed by atoms with Crippen molar-refractivity contribution >= 4 is 17.4 Å². The van der Waals surface area contributed by atoms with Crippen LogP contribution in [0.15, 0.2) is 52.5 Å². The lowest BCUT2D eigenvalue weighted by Crippen LogP contribution is -2.30. The Kier molecular flexibility index (Phi) is 7.77. The fourth-order valence-corrected chi connectivity index (χ4v) is 3.21. The Morgan fingerprint density at radius 2 is 1.81 bits per heavy atom. The summed E-state index contributed by atoms with van der Waals surface area (Å²) in [5, 5.41) is 3.03. The molecule has 1 amide bonds. The van der Waals surface area contributed by atoms with E-state index in [-0.39, 0.29) is 17.6 Å². The lowest BCUT2D eigenvalue weighted by Gasteiger charge is -2.27. The first-order valence-corrected chi connectivity index (χ1v) is 9.94. The van der Waals surface area contributed by atoms with Gasteiger partial charge < -0.3 is 10.2 Å². The Hall–Kier alpha value is -2.43. The van der Waals surface area contributed by atoms with Gasteiger partial charge in [-0.1, -0.05) is 32.9 Å². The van der Waals surface area contributed by atoms with Crippen LogP contribution in [0.25, 0.3) is 0 Å². The molecule has 0 aromatic carbocycles. The molecule has 0 bridgehead atoms. The van der Waals surface area contributed by atoms with Gasteiger partial charge in [0.25, 0.3) is 5.91 Å². The Bertz CT molecular complexity index is 720. The molecule has 27 heavy (non-hydrogen) atoms.